The fourth-order valence-corrected chi connectivity index (χ4v) is 6.81. The molecule has 2 aliphatic rings. The quantitative estimate of drug-likeness (QED) is 0.440. The summed E-state index contributed by atoms with van der Waals surface area (Å²) in [6.45, 7) is 7.54. The van der Waals surface area contributed by atoms with E-state index in [1.54, 1.807) is 11.0 Å². The van der Waals surface area contributed by atoms with Crippen molar-refractivity contribution >= 4 is 39.4 Å². The molecule has 2 fully saturated rings. The van der Waals surface area contributed by atoms with Crippen molar-refractivity contribution in [2.45, 2.75) is 57.1 Å². The second kappa shape index (κ2) is 11.9. The molecule has 1 aromatic heterocycles. The number of nitrogens with zero attached hydrogens (tertiary/aromatic N) is 4. The van der Waals surface area contributed by atoms with Gasteiger partial charge in [-0.05, 0) is 77.0 Å². The summed E-state index contributed by atoms with van der Waals surface area (Å²) < 4.78 is 53.1. The standard InChI is InChI=1S/C27H34ClFN4O6S/c1-27(2,3)39-26(35)32-16-21(17-32)31-11-9-22(10-12-31)40(36,37)33(20-7-8-24(29)23(28)13-20)15-19-6-5-18(14-30-19)25(34)38-4/h5-8,13-14,21-22H,9-12,15-17H2,1-4H3. The van der Waals surface area contributed by atoms with Gasteiger partial charge in [-0.3, -0.25) is 14.2 Å². The molecular formula is C27H34ClFN4O6S. The number of halogens is 2. The maximum absolute atomic E-state index is 13.9. The number of pyridine rings is 1. The number of rotatable bonds is 7. The minimum absolute atomic E-state index is 0.126. The zero-order valence-electron chi connectivity index (χ0n) is 23.0. The van der Waals surface area contributed by atoms with Crippen molar-refractivity contribution in [1.29, 1.82) is 0 Å². The summed E-state index contributed by atoms with van der Waals surface area (Å²) in [7, 11) is -2.65. The van der Waals surface area contributed by atoms with Gasteiger partial charge in [-0.15, -0.1) is 0 Å². The Balaban J connectivity index is 1.45. The van der Waals surface area contributed by atoms with E-state index in [9.17, 15) is 22.4 Å². The van der Waals surface area contributed by atoms with Gasteiger partial charge in [0.2, 0.25) is 10.0 Å². The molecule has 1 aromatic carbocycles. The molecule has 4 rings (SSSR count). The summed E-state index contributed by atoms with van der Waals surface area (Å²) in [6.07, 6.45) is 1.76. The van der Waals surface area contributed by atoms with E-state index >= 15 is 0 Å². The summed E-state index contributed by atoms with van der Waals surface area (Å²) in [5, 5.41) is -0.870. The summed E-state index contributed by atoms with van der Waals surface area (Å²) in [5.41, 5.74) is 0.290. The molecule has 0 bridgehead atoms. The number of amides is 1. The Morgan fingerprint density at radius 3 is 2.38 bits per heavy atom. The van der Waals surface area contributed by atoms with E-state index in [4.69, 9.17) is 21.1 Å². The summed E-state index contributed by atoms with van der Waals surface area (Å²) in [4.78, 5) is 32.1. The Labute approximate surface area is 239 Å². The van der Waals surface area contributed by atoms with Gasteiger partial charge in [-0.1, -0.05) is 11.6 Å². The number of piperidine rings is 1. The molecular weight excluding hydrogens is 563 g/mol. The molecule has 0 aliphatic carbocycles. The number of methoxy groups -OCH3 is 1. The van der Waals surface area contributed by atoms with Crippen LogP contribution in [0.25, 0.3) is 0 Å². The molecule has 2 aromatic rings. The number of esters is 1. The van der Waals surface area contributed by atoms with Crippen molar-refractivity contribution < 1.29 is 31.9 Å². The van der Waals surface area contributed by atoms with Gasteiger partial charge in [-0.25, -0.2) is 22.4 Å². The lowest BCUT2D eigenvalue weighted by atomic mass is 10.0. The minimum Gasteiger partial charge on any atom is -0.465 e. The van der Waals surface area contributed by atoms with Crippen LogP contribution < -0.4 is 4.31 Å². The van der Waals surface area contributed by atoms with E-state index in [0.29, 0.717) is 44.7 Å². The van der Waals surface area contributed by atoms with Gasteiger partial charge >= 0.3 is 12.1 Å². The number of anilines is 1. The average molecular weight is 597 g/mol. The van der Waals surface area contributed by atoms with Gasteiger partial charge in [-0.2, -0.15) is 0 Å². The van der Waals surface area contributed by atoms with Crippen LogP contribution in [0.2, 0.25) is 5.02 Å². The number of hydrogen-bond donors (Lipinski definition) is 0. The maximum atomic E-state index is 13.9. The molecule has 3 heterocycles. The highest BCUT2D eigenvalue weighted by molar-refractivity contribution is 7.93. The molecule has 218 valence electrons. The Bertz CT molecular complexity index is 1340. The van der Waals surface area contributed by atoms with E-state index in [2.05, 4.69) is 9.88 Å². The van der Waals surface area contributed by atoms with Crippen LogP contribution in [0.5, 0.6) is 0 Å². The minimum atomic E-state index is -3.91. The van der Waals surface area contributed by atoms with Crippen molar-refractivity contribution in [3.63, 3.8) is 0 Å². The first-order chi connectivity index (χ1) is 18.8. The Kier molecular flexibility index (Phi) is 8.91. The highest BCUT2D eigenvalue weighted by Gasteiger charge is 2.41. The van der Waals surface area contributed by atoms with Crippen molar-refractivity contribution in [2.75, 3.05) is 37.6 Å². The molecule has 0 radical (unpaired) electrons. The van der Waals surface area contributed by atoms with Crippen LogP contribution in [-0.2, 0) is 26.0 Å². The number of likely N-dealkylation sites (tertiary alicyclic amines) is 2. The van der Waals surface area contributed by atoms with Crippen molar-refractivity contribution in [3.8, 4) is 0 Å². The van der Waals surface area contributed by atoms with Gasteiger partial charge in [0.25, 0.3) is 0 Å². The van der Waals surface area contributed by atoms with Crippen LogP contribution in [0.3, 0.4) is 0 Å². The van der Waals surface area contributed by atoms with Gasteiger partial charge < -0.3 is 14.4 Å². The largest absolute Gasteiger partial charge is 0.465 e. The first-order valence-electron chi connectivity index (χ1n) is 13.0. The van der Waals surface area contributed by atoms with Crippen LogP contribution in [0, 0.1) is 5.82 Å². The molecule has 10 nitrogen and oxygen atoms in total. The molecule has 1 amide bonds. The van der Waals surface area contributed by atoms with Crippen molar-refractivity contribution in [2.24, 2.45) is 0 Å². The molecule has 40 heavy (non-hydrogen) atoms. The van der Waals surface area contributed by atoms with Crippen LogP contribution in [0.4, 0.5) is 14.9 Å². The molecule has 2 saturated heterocycles. The molecule has 0 N–H and O–H groups in total. The molecule has 13 heteroatoms. The third kappa shape index (κ3) is 6.84. The monoisotopic (exact) mass is 596 g/mol. The topological polar surface area (TPSA) is 109 Å². The zero-order valence-corrected chi connectivity index (χ0v) is 24.5. The smallest absolute Gasteiger partial charge is 0.410 e. The second-order valence-electron chi connectivity index (χ2n) is 11.0. The lowest BCUT2D eigenvalue weighted by Gasteiger charge is -2.47. The number of ether oxygens (including phenoxy) is 2. The third-order valence-electron chi connectivity index (χ3n) is 6.98. The summed E-state index contributed by atoms with van der Waals surface area (Å²) >= 11 is 6.01. The van der Waals surface area contributed by atoms with E-state index in [-0.39, 0.29) is 35.0 Å². The SMILES string of the molecule is COC(=O)c1ccc(CN(c2ccc(F)c(Cl)c2)S(=O)(=O)C2CCN(C3CN(C(=O)OC(C)(C)C)C3)CC2)nc1. The first kappa shape index (κ1) is 30.0. The van der Waals surface area contributed by atoms with Gasteiger partial charge in [0.1, 0.15) is 11.4 Å². The lowest BCUT2D eigenvalue weighted by Crippen LogP contribution is -2.63. The fraction of sp³-hybridized carbons (Fsp3) is 0.519. The predicted octanol–water partition coefficient (Wildman–Crippen LogP) is 4.08. The van der Waals surface area contributed by atoms with Crippen LogP contribution in [0.1, 0.15) is 49.7 Å². The van der Waals surface area contributed by atoms with Crippen LogP contribution >= 0.6 is 11.6 Å². The van der Waals surface area contributed by atoms with Gasteiger partial charge in [0.05, 0.1) is 40.9 Å². The molecule has 0 atom stereocenters. The number of hydrogen-bond acceptors (Lipinski definition) is 8. The second-order valence-corrected chi connectivity index (χ2v) is 13.5. The van der Waals surface area contributed by atoms with Gasteiger partial charge in [0.15, 0.2) is 0 Å². The van der Waals surface area contributed by atoms with E-state index in [0.717, 1.165) is 6.07 Å². The number of benzene rings is 1. The molecule has 0 saturated carbocycles. The first-order valence-corrected chi connectivity index (χ1v) is 14.9. The molecule has 0 unspecified atom stereocenters. The summed E-state index contributed by atoms with van der Waals surface area (Å²) in [5.74, 6) is -1.21. The highest BCUT2D eigenvalue weighted by atomic mass is 35.5. The van der Waals surface area contributed by atoms with Crippen LogP contribution in [0.15, 0.2) is 36.5 Å². The highest BCUT2D eigenvalue weighted by Crippen LogP contribution is 2.32. The van der Waals surface area contributed by atoms with E-state index in [1.807, 2.05) is 20.8 Å². The number of aromatic nitrogens is 1. The Morgan fingerprint density at radius 2 is 1.82 bits per heavy atom. The van der Waals surface area contributed by atoms with Gasteiger partial charge in [0, 0.05) is 25.3 Å². The number of carbonyl (C=O) groups excluding carboxylic acids is 2. The fourth-order valence-electron chi connectivity index (χ4n) is 4.75. The average Bonchev–Trinajstić information content (AvgIpc) is 2.87. The Hall–Kier alpha value is -2.96. The van der Waals surface area contributed by atoms with E-state index in [1.165, 1.54) is 35.8 Å². The lowest BCUT2D eigenvalue weighted by molar-refractivity contribution is -0.0184. The van der Waals surface area contributed by atoms with E-state index < -0.39 is 32.7 Å². The number of carbonyl (C=O) groups is 2. The third-order valence-corrected chi connectivity index (χ3v) is 9.54. The van der Waals surface area contributed by atoms with Crippen molar-refractivity contribution in [3.05, 3.63) is 58.6 Å². The summed E-state index contributed by atoms with van der Waals surface area (Å²) in [6, 6.07) is 7.00. The van der Waals surface area contributed by atoms with Crippen molar-refractivity contribution in [1.82, 2.24) is 14.8 Å². The normalized spacial score (nSPS) is 17.3. The molecule has 2 aliphatic heterocycles. The Morgan fingerprint density at radius 1 is 1.15 bits per heavy atom. The predicted molar refractivity (Wildman–Crippen MR) is 148 cm³/mol. The number of sulfonamides is 1. The maximum Gasteiger partial charge on any atom is 0.410 e. The zero-order chi connectivity index (χ0) is 29.2. The van der Waals surface area contributed by atoms with Crippen LogP contribution in [-0.4, -0.2) is 85.4 Å². The molecule has 0 spiro atoms.